The number of carbonyl (C=O) groups excluding carboxylic acids is 4. The zero-order chi connectivity index (χ0) is 31.3. The maximum absolute atomic E-state index is 14.2. The zero-order valence-corrected chi connectivity index (χ0v) is 24.6. The summed E-state index contributed by atoms with van der Waals surface area (Å²) in [6.07, 6.45) is 7.10. The number of allylic oxidation sites excluding steroid dienone is 4. The molecule has 0 bridgehead atoms. The first kappa shape index (κ1) is 29.6. The highest BCUT2D eigenvalue weighted by Gasteiger charge is 2.70. The van der Waals surface area contributed by atoms with E-state index in [9.17, 15) is 24.3 Å². The van der Waals surface area contributed by atoms with E-state index in [2.05, 4.69) is 12.2 Å². The topological polar surface area (TPSA) is 156 Å². The summed E-state index contributed by atoms with van der Waals surface area (Å²) in [6.45, 7) is 3.28. The van der Waals surface area contributed by atoms with Crippen LogP contribution < -0.4 is 5.32 Å². The van der Waals surface area contributed by atoms with Gasteiger partial charge in [0.15, 0.2) is 18.0 Å². The van der Waals surface area contributed by atoms with Gasteiger partial charge in [-0.3, -0.25) is 14.9 Å². The van der Waals surface area contributed by atoms with Gasteiger partial charge in [-0.2, -0.15) is 5.26 Å². The molecule has 7 atom stereocenters. The number of esters is 1. The first-order chi connectivity index (χ1) is 21.0. The molecule has 6 rings (SSSR count). The van der Waals surface area contributed by atoms with Crippen LogP contribution in [0, 0.1) is 39.9 Å². The Morgan fingerprint density at radius 3 is 2.75 bits per heavy atom. The number of nitriles is 1. The summed E-state index contributed by atoms with van der Waals surface area (Å²) in [5, 5.41) is 23.5. The van der Waals surface area contributed by atoms with Gasteiger partial charge in [-0.05, 0) is 86.4 Å². The zero-order valence-electron chi connectivity index (χ0n) is 24.6. The van der Waals surface area contributed by atoms with Crippen LogP contribution >= 0.6 is 0 Å². The van der Waals surface area contributed by atoms with E-state index in [1.54, 1.807) is 36.4 Å². The molecule has 3 fully saturated rings. The van der Waals surface area contributed by atoms with Crippen molar-refractivity contribution < 1.29 is 38.2 Å². The molecule has 44 heavy (non-hydrogen) atoms. The molecule has 0 spiro atoms. The van der Waals surface area contributed by atoms with Crippen molar-refractivity contribution in [2.45, 2.75) is 57.7 Å². The van der Waals surface area contributed by atoms with Crippen LogP contribution in [0.3, 0.4) is 0 Å². The largest absolute Gasteiger partial charge is 0.457 e. The van der Waals surface area contributed by atoms with Crippen molar-refractivity contribution in [3.8, 4) is 6.07 Å². The molecule has 4 aliphatic carbocycles. The predicted molar refractivity (Wildman–Crippen MR) is 156 cm³/mol. The SMILES string of the molecule is CC12C=CC(=O)C=C1CCC1C2C(O)CC2(C)C1CC[C@]2(OC(=O)c1ccco1)C(=O)COC(=O)Nc1cccc(C#N)c1. The number of furan rings is 1. The molecule has 1 heterocycles. The van der Waals surface area contributed by atoms with Crippen molar-refractivity contribution in [3.05, 3.63) is 77.8 Å². The smallest absolute Gasteiger partial charge is 0.412 e. The van der Waals surface area contributed by atoms with Gasteiger partial charge in [0.25, 0.3) is 0 Å². The van der Waals surface area contributed by atoms with E-state index in [1.807, 2.05) is 19.1 Å². The maximum Gasteiger partial charge on any atom is 0.412 e. The molecule has 228 valence electrons. The number of Topliss-reactive ketones (excluding diaryl/α,β-unsaturated/α-hetero) is 1. The number of fused-ring (bicyclic) bond motifs is 5. The third kappa shape index (κ3) is 4.67. The van der Waals surface area contributed by atoms with Gasteiger partial charge in [-0.25, -0.2) is 9.59 Å². The minimum absolute atomic E-state index is 0.00244. The average Bonchev–Trinajstić information content (AvgIpc) is 3.63. The van der Waals surface area contributed by atoms with E-state index in [0.717, 1.165) is 12.0 Å². The molecule has 0 saturated heterocycles. The molecule has 3 saturated carbocycles. The van der Waals surface area contributed by atoms with Crippen molar-refractivity contribution in [1.29, 1.82) is 5.26 Å². The highest BCUT2D eigenvalue weighted by molar-refractivity contribution is 6.01. The molecule has 10 nitrogen and oxygen atoms in total. The molecule has 1 aromatic carbocycles. The van der Waals surface area contributed by atoms with E-state index < -0.39 is 47.0 Å². The fourth-order valence-corrected chi connectivity index (χ4v) is 8.67. The fourth-order valence-electron chi connectivity index (χ4n) is 8.67. The van der Waals surface area contributed by atoms with Gasteiger partial charge in [-0.15, -0.1) is 0 Å². The Balaban J connectivity index is 1.29. The van der Waals surface area contributed by atoms with Gasteiger partial charge >= 0.3 is 12.1 Å². The number of hydrogen-bond acceptors (Lipinski definition) is 9. The summed E-state index contributed by atoms with van der Waals surface area (Å²) in [6, 6.07) is 11.2. The lowest BCUT2D eigenvalue weighted by molar-refractivity contribution is -0.180. The Hall–Kier alpha value is -4.49. The number of rotatable bonds is 6. The lowest BCUT2D eigenvalue weighted by Gasteiger charge is -2.59. The molecular weight excluding hydrogens is 564 g/mol. The van der Waals surface area contributed by atoms with Crippen LogP contribution in [-0.4, -0.2) is 47.0 Å². The Morgan fingerprint density at radius 2 is 2.00 bits per heavy atom. The minimum Gasteiger partial charge on any atom is -0.457 e. The fraction of sp³-hybridized carbons (Fsp3) is 0.441. The summed E-state index contributed by atoms with van der Waals surface area (Å²) in [4.78, 5) is 52.4. The molecule has 1 aromatic heterocycles. The van der Waals surface area contributed by atoms with Crippen LogP contribution in [-0.2, 0) is 19.1 Å². The Morgan fingerprint density at radius 1 is 1.18 bits per heavy atom. The Labute approximate surface area is 254 Å². The van der Waals surface area contributed by atoms with Gasteiger partial charge < -0.3 is 19.0 Å². The van der Waals surface area contributed by atoms with Crippen LogP contribution in [0.5, 0.6) is 0 Å². The molecule has 0 radical (unpaired) electrons. The van der Waals surface area contributed by atoms with Crippen LogP contribution in [0.15, 0.2) is 70.9 Å². The second kappa shape index (κ2) is 10.9. The summed E-state index contributed by atoms with van der Waals surface area (Å²) in [5.74, 6) is -1.78. The molecule has 6 unspecified atom stereocenters. The molecule has 0 aliphatic heterocycles. The summed E-state index contributed by atoms with van der Waals surface area (Å²) < 4.78 is 16.7. The Bertz CT molecular complexity index is 1620. The van der Waals surface area contributed by atoms with E-state index >= 15 is 0 Å². The first-order valence-corrected chi connectivity index (χ1v) is 14.9. The molecule has 2 N–H and O–H groups in total. The van der Waals surface area contributed by atoms with Crippen molar-refractivity contribution in [3.63, 3.8) is 0 Å². The molecule has 10 heteroatoms. The van der Waals surface area contributed by atoms with Crippen molar-refractivity contribution >= 4 is 29.3 Å². The molecule has 1 amide bonds. The number of aliphatic hydroxyl groups excluding tert-OH is 1. The van der Waals surface area contributed by atoms with Crippen LogP contribution in [0.25, 0.3) is 0 Å². The van der Waals surface area contributed by atoms with Gasteiger partial charge in [0.05, 0.1) is 24.0 Å². The highest BCUT2D eigenvalue weighted by Crippen LogP contribution is 2.68. The third-order valence-electron chi connectivity index (χ3n) is 10.6. The van der Waals surface area contributed by atoms with Gasteiger partial charge in [-0.1, -0.05) is 31.6 Å². The van der Waals surface area contributed by atoms with Gasteiger partial charge in [0.2, 0.25) is 11.5 Å². The summed E-state index contributed by atoms with van der Waals surface area (Å²) in [5.41, 5.74) is -1.48. The van der Waals surface area contributed by atoms with Gasteiger partial charge in [0.1, 0.15) is 0 Å². The van der Waals surface area contributed by atoms with E-state index in [4.69, 9.17) is 19.2 Å². The standard InChI is InChI=1S/C34H34N2O8/c1-32-12-10-23(37)16-21(32)8-9-24-25-11-13-34(33(25,2)17-26(38)29(24)32,44-30(40)27-7-4-14-42-27)28(39)19-43-31(41)36-22-6-3-5-20(15-22)18-35/h3-7,10,12,14-16,24-26,29,38H,8-9,11,13,17,19H2,1-2H3,(H,36,41)/t24?,25?,26?,29?,32?,33?,34-/m0/s1. The number of hydrogen-bond donors (Lipinski definition) is 2. The second-order valence-electron chi connectivity index (χ2n) is 12.8. The maximum atomic E-state index is 14.2. The number of carbonyl (C=O) groups is 4. The lowest BCUT2D eigenvalue weighted by Crippen LogP contribution is -2.63. The van der Waals surface area contributed by atoms with Crippen molar-refractivity contribution in [2.24, 2.45) is 28.6 Å². The number of nitrogens with zero attached hydrogens (tertiary/aromatic N) is 1. The minimum atomic E-state index is -1.69. The number of ketones is 2. The van der Waals surface area contributed by atoms with Crippen LogP contribution in [0.1, 0.15) is 62.1 Å². The molecule has 2 aromatic rings. The highest BCUT2D eigenvalue weighted by atomic mass is 16.6. The number of anilines is 1. The Kier molecular flexibility index (Phi) is 7.33. The normalized spacial score (nSPS) is 33.6. The van der Waals surface area contributed by atoms with Crippen LogP contribution in [0.4, 0.5) is 10.5 Å². The summed E-state index contributed by atoms with van der Waals surface area (Å²) in [7, 11) is 0. The summed E-state index contributed by atoms with van der Waals surface area (Å²) >= 11 is 0. The monoisotopic (exact) mass is 598 g/mol. The average molecular weight is 599 g/mol. The second-order valence-corrected chi connectivity index (χ2v) is 12.8. The number of amides is 1. The predicted octanol–water partition coefficient (Wildman–Crippen LogP) is 5.14. The number of aliphatic hydroxyl groups is 1. The lowest BCUT2D eigenvalue weighted by atomic mass is 9.46. The van der Waals surface area contributed by atoms with E-state index in [0.29, 0.717) is 24.1 Å². The third-order valence-corrected chi connectivity index (χ3v) is 10.6. The van der Waals surface area contributed by atoms with Crippen molar-refractivity contribution in [1.82, 2.24) is 0 Å². The quantitative estimate of drug-likeness (QED) is 0.430. The molecular formula is C34H34N2O8. The number of benzene rings is 1. The number of nitrogens with one attached hydrogen (secondary N) is 1. The van der Waals surface area contributed by atoms with E-state index in [1.165, 1.54) is 18.4 Å². The van der Waals surface area contributed by atoms with Gasteiger partial charge in [0, 0.05) is 22.4 Å². The van der Waals surface area contributed by atoms with Crippen LogP contribution in [0.2, 0.25) is 0 Å². The first-order valence-electron chi connectivity index (χ1n) is 14.9. The number of ether oxygens (including phenoxy) is 2. The van der Waals surface area contributed by atoms with E-state index in [-0.39, 0.29) is 42.1 Å². The van der Waals surface area contributed by atoms with Crippen molar-refractivity contribution in [2.75, 3.05) is 11.9 Å². The molecule has 4 aliphatic rings.